The van der Waals surface area contributed by atoms with Crippen LogP contribution in [0.4, 0.5) is 0 Å². The van der Waals surface area contributed by atoms with Crippen LogP contribution in [0.3, 0.4) is 0 Å². The second-order valence-corrected chi connectivity index (χ2v) is 3.31. The Morgan fingerprint density at radius 3 is 1.50 bits per heavy atom. The minimum absolute atomic E-state index is 0.125. The van der Waals surface area contributed by atoms with E-state index in [1.54, 1.807) is 20.8 Å². The van der Waals surface area contributed by atoms with Crippen LogP contribution in [-0.4, -0.2) is 45.3 Å². The number of aliphatic hydroxyl groups excluding tert-OH is 3. The summed E-state index contributed by atoms with van der Waals surface area (Å²) < 4.78 is 0. The van der Waals surface area contributed by atoms with Crippen LogP contribution in [0, 0.1) is 0 Å². The molecule has 0 aliphatic rings. The van der Waals surface area contributed by atoms with Crippen molar-refractivity contribution in [1.29, 1.82) is 0 Å². The van der Waals surface area contributed by atoms with Crippen molar-refractivity contribution in [1.82, 2.24) is 0 Å². The molecule has 76 valence electrons. The molecular formula is C8H20O4. The van der Waals surface area contributed by atoms with E-state index < -0.39 is 11.7 Å². The summed E-state index contributed by atoms with van der Waals surface area (Å²) in [5.41, 5.74) is -0.728. The first-order valence-corrected chi connectivity index (χ1v) is 3.95. The molecule has 0 bridgehead atoms. The van der Waals surface area contributed by atoms with Crippen molar-refractivity contribution in [2.24, 2.45) is 0 Å². The molecule has 0 amide bonds. The van der Waals surface area contributed by atoms with Crippen molar-refractivity contribution in [3.63, 3.8) is 0 Å². The fourth-order valence-electron chi connectivity index (χ4n) is 0.723. The molecule has 12 heavy (non-hydrogen) atoms. The summed E-state index contributed by atoms with van der Waals surface area (Å²) in [7, 11) is 0. The van der Waals surface area contributed by atoms with Gasteiger partial charge in [0.25, 0.3) is 0 Å². The Balaban J connectivity index is 0. The second kappa shape index (κ2) is 7.49. The summed E-state index contributed by atoms with van der Waals surface area (Å²) in [6, 6.07) is 0. The predicted octanol–water partition coefficient (Wildman–Crippen LogP) is -0.501. The maximum absolute atomic E-state index is 9.03. The van der Waals surface area contributed by atoms with Gasteiger partial charge in [0, 0.05) is 6.42 Å². The monoisotopic (exact) mass is 180 g/mol. The molecule has 0 fully saturated rings. The number of hydrogen-bond donors (Lipinski definition) is 4. The largest absolute Gasteiger partial charge is 0.394 e. The Labute approximate surface area is 73.5 Å². The van der Waals surface area contributed by atoms with Crippen molar-refractivity contribution in [3.05, 3.63) is 0 Å². The van der Waals surface area contributed by atoms with E-state index >= 15 is 0 Å². The van der Waals surface area contributed by atoms with Gasteiger partial charge in [0.2, 0.25) is 0 Å². The average Bonchev–Trinajstić information content (AvgIpc) is 1.83. The van der Waals surface area contributed by atoms with Crippen LogP contribution in [0.15, 0.2) is 0 Å². The van der Waals surface area contributed by atoms with E-state index in [-0.39, 0.29) is 13.2 Å². The van der Waals surface area contributed by atoms with Gasteiger partial charge in [-0.25, -0.2) is 0 Å². The lowest BCUT2D eigenvalue weighted by Crippen LogP contribution is -2.24. The van der Waals surface area contributed by atoms with Crippen LogP contribution < -0.4 is 0 Å². The highest BCUT2D eigenvalue weighted by Crippen LogP contribution is 2.09. The molecule has 1 atom stereocenters. The van der Waals surface area contributed by atoms with Crippen LogP contribution in [-0.2, 0) is 0 Å². The quantitative estimate of drug-likeness (QED) is 0.472. The first kappa shape index (κ1) is 14.4. The molecule has 0 aliphatic carbocycles. The van der Waals surface area contributed by atoms with E-state index in [1.165, 1.54) is 0 Å². The van der Waals surface area contributed by atoms with Crippen molar-refractivity contribution in [2.45, 2.75) is 38.9 Å². The van der Waals surface area contributed by atoms with Gasteiger partial charge in [-0.15, -0.1) is 0 Å². The van der Waals surface area contributed by atoms with Crippen molar-refractivity contribution < 1.29 is 20.4 Å². The molecule has 0 aliphatic heterocycles. The minimum Gasteiger partial charge on any atom is -0.394 e. The first-order chi connectivity index (χ1) is 5.33. The lowest BCUT2D eigenvalue weighted by Gasteiger charge is -2.17. The fraction of sp³-hybridized carbons (Fsp3) is 1.00. The molecule has 4 nitrogen and oxygen atoms in total. The minimum atomic E-state index is -0.728. The summed E-state index contributed by atoms with van der Waals surface area (Å²) in [5.74, 6) is 0. The molecule has 0 radical (unpaired) electrons. The van der Waals surface area contributed by atoms with Gasteiger partial charge >= 0.3 is 0 Å². The van der Waals surface area contributed by atoms with Gasteiger partial charge in [0.1, 0.15) is 0 Å². The standard InChI is InChI=1S/C6H14O2.C2H6O2/c1-5(7)4-6(2,3)8;3-1-2-4/h5,7-8H,4H2,1-3H3;3-4H,1-2H2. The summed E-state index contributed by atoms with van der Waals surface area (Å²) in [5, 5.41) is 33.0. The number of rotatable bonds is 3. The highest BCUT2D eigenvalue weighted by molar-refractivity contribution is 4.67. The van der Waals surface area contributed by atoms with Crippen molar-refractivity contribution in [3.8, 4) is 0 Å². The Kier molecular flexibility index (Phi) is 8.97. The molecule has 0 spiro atoms. The van der Waals surface area contributed by atoms with Gasteiger partial charge in [-0.2, -0.15) is 0 Å². The zero-order valence-corrected chi connectivity index (χ0v) is 7.99. The Morgan fingerprint density at radius 1 is 1.17 bits per heavy atom. The van der Waals surface area contributed by atoms with E-state index in [2.05, 4.69) is 0 Å². The Morgan fingerprint density at radius 2 is 1.50 bits per heavy atom. The Hall–Kier alpha value is -0.160. The smallest absolute Gasteiger partial charge is 0.0662 e. The van der Waals surface area contributed by atoms with Crippen LogP contribution in [0.5, 0.6) is 0 Å². The molecule has 0 aromatic heterocycles. The molecule has 0 aromatic rings. The van der Waals surface area contributed by atoms with E-state index in [4.69, 9.17) is 20.4 Å². The van der Waals surface area contributed by atoms with Gasteiger partial charge in [-0.1, -0.05) is 0 Å². The zero-order chi connectivity index (χ0) is 10.2. The van der Waals surface area contributed by atoms with E-state index in [1.807, 2.05) is 0 Å². The van der Waals surface area contributed by atoms with Gasteiger partial charge in [-0.3, -0.25) is 0 Å². The third-order valence-corrected chi connectivity index (χ3v) is 0.895. The molecular weight excluding hydrogens is 160 g/mol. The van der Waals surface area contributed by atoms with Crippen molar-refractivity contribution in [2.75, 3.05) is 13.2 Å². The van der Waals surface area contributed by atoms with Gasteiger partial charge < -0.3 is 20.4 Å². The summed E-state index contributed by atoms with van der Waals surface area (Å²) >= 11 is 0. The molecule has 4 heteroatoms. The predicted molar refractivity (Wildman–Crippen MR) is 46.8 cm³/mol. The van der Waals surface area contributed by atoms with Crippen LogP contribution in [0.1, 0.15) is 27.2 Å². The maximum atomic E-state index is 9.03. The van der Waals surface area contributed by atoms with E-state index in [0.717, 1.165) is 0 Å². The van der Waals surface area contributed by atoms with Gasteiger partial charge in [-0.05, 0) is 20.8 Å². The van der Waals surface area contributed by atoms with Crippen molar-refractivity contribution >= 4 is 0 Å². The van der Waals surface area contributed by atoms with Gasteiger partial charge in [0.15, 0.2) is 0 Å². The third kappa shape index (κ3) is 22.5. The summed E-state index contributed by atoms with van der Waals surface area (Å²) in [6.45, 7) is 4.78. The van der Waals surface area contributed by atoms with E-state index in [0.29, 0.717) is 6.42 Å². The highest BCUT2D eigenvalue weighted by Gasteiger charge is 2.14. The second-order valence-electron chi connectivity index (χ2n) is 3.31. The summed E-state index contributed by atoms with van der Waals surface area (Å²) in [4.78, 5) is 0. The number of hydrogen-bond acceptors (Lipinski definition) is 4. The first-order valence-electron chi connectivity index (χ1n) is 3.95. The molecule has 4 N–H and O–H groups in total. The third-order valence-electron chi connectivity index (χ3n) is 0.895. The maximum Gasteiger partial charge on any atom is 0.0662 e. The summed E-state index contributed by atoms with van der Waals surface area (Å²) in [6.07, 6.45) is 0.0301. The fourth-order valence-corrected chi connectivity index (χ4v) is 0.723. The molecule has 0 saturated carbocycles. The molecule has 0 aromatic carbocycles. The molecule has 0 saturated heterocycles. The molecule has 1 unspecified atom stereocenters. The topological polar surface area (TPSA) is 80.9 Å². The van der Waals surface area contributed by atoms with Gasteiger partial charge in [0.05, 0.1) is 24.9 Å². The molecule has 0 heterocycles. The normalized spacial score (nSPS) is 13.2. The lowest BCUT2D eigenvalue weighted by molar-refractivity contribution is 0.0249. The van der Waals surface area contributed by atoms with Crippen LogP contribution >= 0.6 is 0 Å². The average molecular weight is 180 g/mol. The zero-order valence-electron chi connectivity index (χ0n) is 7.99. The Bertz CT molecular complexity index is 83.5. The van der Waals surface area contributed by atoms with Crippen LogP contribution in [0.25, 0.3) is 0 Å². The molecule has 0 rings (SSSR count). The SMILES string of the molecule is CC(O)CC(C)(C)O.OCCO. The van der Waals surface area contributed by atoms with Crippen LogP contribution in [0.2, 0.25) is 0 Å². The lowest BCUT2D eigenvalue weighted by atomic mass is 10.0. The highest BCUT2D eigenvalue weighted by atomic mass is 16.3. The number of aliphatic hydroxyl groups is 4. The van der Waals surface area contributed by atoms with E-state index in [9.17, 15) is 0 Å².